The molecule has 4 nitrogen and oxygen atoms in total. The third-order valence-electron chi connectivity index (χ3n) is 3.60. The zero-order valence-electron chi connectivity index (χ0n) is 12.8. The molecule has 0 aliphatic rings. The highest BCUT2D eigenvalue weighted by Gasteiger charge is 2.09. The maximum absolute atomic E-state index is 10.1. The van der Waals surface area contributed by atoms with E-state index in [1.807, 2.05) is 30.3 Å². The fourth-order valence-electron chi connectivity index (χ4n) is 2.25. The summed E-state index contributed by atoms with van der Waals surface area (Å²) in [5.41, 5.74) is 2.74. The summed E-state index contributed by atoms with van der Waals surface area (Å²) in [5.74, 6) is 0.916. The normalized spacial score (nSPS) is 10.9. The summed E-state index contributed by atoms with van der Waals surface area (Å²) in [5, 5.41) is 10.1. The number of ether oxygens (including phenoxy) is 1. The first-order valence-corrected chi connectivity index (χ1v) is 7.23. The third kappa shape index (κ3) is 3.73. The van der Waals surface area contributed by atoms with Crippen LogP contribution in [-0.4, -0.2) is 35.2 Å². The third-order valence-corrected chi connectivity index (χ3v) is 3.60. The van der Waals surface area contributed by atoms with Crippen LogP contribution >= 0.6 is 0 Å². The number of hydrogen-bond donors (Lipinski definition) is 1. The molecule has 112 valence electrons. The van der Waals surface area contributed by atoms with Crippen molar-refractivity contribution >= 4 is 0 Å². The Labute approximate surface area is 126 Å². The Hall–Kier alpha value is -2.07. The maximum Gasteiger partial charge on any atom is 0.213 e. The molecule has 1 aromatic heterocycles. The van der Waals surface area contributed by atoms with Gasteiger partial charge >= 0.3 is 0 Å². The lowest BCUT2D eigenvalue weighted by atomic mass is 10.1. The van der Waals surface area contributed by atoms with E-state index in [0.29, 0.717) is 11.6 Å². The van der Waals surface area contributed by atoms with Gasteiger partial charge in [0.05, 0.1) is 12.8 Å². The van der Waals surface area contributed by atoms with Crippen LogP contribution in [-0.2, 0) is 6.54 Å². The van der Waals surface area contributed by atoms with Crippen molar-refractivity contribution in [2.24, 2.45) is 0 Å². The van der Waals surface area contributed by atoms with Crippen LogP contribution in [0.25, 0.3) is 11.3 Å². The second kappa shape index (κ2) is 7.09. The summed E-state index contributed by atoms with van der Waals surface area (Å²) in [7, 11) is 1.61. The molecule has 2 aromatic rings. The molecule has 0 spiro atoms. The summed E-state index contributed by atoms with van der Waals surface area (Å²) < 4.78 is 5.16. The topological polar surface area (TPSA) is 45.6 Å². The van der Waals surface area contributed by atoms with Gasteiger partial charge in [-0.15, -0.1) is 0 Å². The number of nitrogens with zero attached hydrogens (tertiary/aromatic N) is 2. The van der Waals surface area contributed by atoms with Crippen molar-refractivity contribution in [2.75, 3.05) is 20.2 Å². The van der Waals surface area contributed by atoms with Gasteiger partial charge in [-0.1, -0.05) is 19.9 Å². The molecule has 0 aliphatic carbocycles. The van der Waals surface area contributed by atoms with E-state index in [1.165, 1.54) is 0 Å². The molecule has 0 unspecified atom stereocenters. The number of benzene rings is 1. The highest BCUT2D eigenvalue weighted by Crippen LogP contribution is 2.26. The van der Waals surface area contributed by atoms with Gasteiger partial charge in [-0.25, -0.2) is 4.98 Å². The number of phenolic OH excluding ortho intramolecular Hbond substituents is 1. The molecule has 4 heteroatoms. The predicted octanol–water partition coefficient (Wildman–Crippen LogP) is 3.30. The molecule has 0 saturated heterocycles. The molecular formula is C17H22N2O2. The number of aromatic hydroxyl groups is 1. The maximum atomic E-state index is 10.1. The van der Waals surface area contributed by atoms with E-state index in [-0.39, 0.29) is 0 Å². The summed E-state index contributed by atoms with van der Waals surface area (Å²) in [6, 6.07) is 11.3. The first-order valence-electron chi connectivity index (χ1n) is 7.23. The summed E-state index contributed by atoms with van der Waals surface area (Å²) in [4.78, 5) is 6.70. The van der Waals surface area contributed by atoms with Crippen LogP contribution in [0.3, 0.4) is 0 Å². The van der Waals surface area contributed by atoms with E-state index in [1.54, 1.807) is 13.2 Å². The summed E-state index contributed by atoms with van der Waals surface area (Å²) in [6.07, 6.45) is 0. The average molecular weight is 286 g/mol. The van der Waals surface area contributed by atoms with Gasteiger partial charge in [0.2, 0.25) is 5.88 Å². The summed E-state index contributed by atoms with van der Waals surface area (Å²) in [6.45, 7) is 6.88. The Balaban J connectivity index is 2.33. The lowest BCUT2D eigenvalue weighted by Gasteiger charge is -2.19. The largest absolute Gasteiger partial charge is 0.508 e. The fourth-order valence-corrected chi connectivity index (χ4v) is 2.25. The fraction of sp³-hybridized carbons (Fsp3) is 0.353. The first-order chi connectivity index (χ1) is 10.2. The number of pyridine rings is 1. The number of rotatable bonds is 6. The molecule has 0 aliphatic heterocycles. The molecule has 0 bridgehead atoms. The number of hydrogen-bond acceptors (Lipinski definition) is 4. The van der Waals surface area contributed by atoms with Crippen molar-refractivity contribution in [2.45, 2.75) is 20.4 Å². The average Bonchev–Trinajstić information content (AvgIpc) is 2.54. The predicted molar refractivity (Wildman–Crippen MR) is 84.5 cm³/mol. The van der Waals surface area contributed by atoms with Crippen molar-refractivity contribution in [1.29, 1.82) is 0 Å². The van der Waals surface area contributed by atoms with Crippen LogP contribution in [0.2, 0.25) is 0 Å². The quantitative estimate of drug-likeness (QED) is 0.885. The Morgan fingerprint density at radius 3 is 2.57 bits per heavy atom. The molecular weight excluding hydrogens is 264 g/mol. The molecule has 21 heavy (non-hydrogen) atoms. The van der Waals surface area contributed by atoms with E-state index in [2.05, 4.69) is 23.7 Å². The van der Waals surface area contributed by atoms with Gasteiger partial charge in [0.1, 0.15) is 5.75 Å². The standard InChI is InChI=1S/C17H22N2O2/c1-4-19(5-2)12-14-11-13(9-10-16(14)20)15-7-6-8-17(18-15)21-3/h6-11,20H,4-5,12H2,1-3H3. The second-order valence-electron chi connectivity index (χ2n) is 4.87. The zero-order chi connectivity index (χ0) is 15.2. The SMILES string of the molecule is CCN(CC)Cc1cc(-c2cccc(OC)n2)ccc1O. The summed E-state index contributed by atoms with van der Waals surface area (Å²) >= 11 is 0. The van der Waals surface area contributed by atoms with Gasteiger partial charge in [0.15, 0.2) is 0 Å². The number of aromatic nitrogens is 1. The van der Waals surface area contributed by atoms with E-state index in [4.69, 9.17) is 4.74 Å². The monoisotopic (exact) mass is 286 g/mol. The second-order valence-corrected chi connectivity index (χ2v) is 4.87. The van der Waals surface area contributed by atoms with Crippen molar-refractivity contribution in [3.63, 3.8) is 0 Å². The van der Waals surface area contributed by atoms with E-state index >= 15 is 0 Å². The van der Waals surface area contributed by atoms with Crippen LogP contribution in [0.1, 0.15) is 19.4 Å². The lowest BCUT2D eigenvalue weighted by molar-refractivity contribution is 0.291. The lowest BCUT2D eigenvalue weighted by Crippen LogP contribution is -2.22. The van der Waals surface area contributed by atoms with Crippen LogP contribution in [0.5, 0.6) is 11.6 Å². The molecule has 0 radical (unpaired) electrons. The molecule has 2 rings (SSSR count). The van der Waals surface area contributed by atoms with E-state index in [0.717, 1.165) is 36.5 Å². The Morgan fingerprint density at radius 1 is 1.14 bits per heavy atom. The van der Waals surface area contributed by atoms with Gasteiger partial charge in [-0.05, 0) is 37.4 Å². The Bertz CT molecular complexity index is 595. The van der Waals surface area contributed by atoms with Gasteiger partial charge in [0, 0.05) is 23.7 Å². The zero-order valence-corrected chi connectivity index (χ0v) is 12.8. The molecule has 0 fully saturated rings. The molecule has 1 aromatic carbocycles. The van der Waals surface area contributed by atoms with Gasteiger partial charge in [-0.2, -0.15) is 0 Å². The smallest absolute Gasteiger partial charge is 0.213 e. The van der Waals surface area contributed by atoms with Crippen LogP contribution in [0.4, 0.5) is 0 Å². The molecule has 1 heterocycles. The Kier molecular flexibility index (Phi) is 5.17. The van der Waals surface area contributed by atoms with Crippen molar-refractivity contribution in [3.8, 4) is 22.9 Å². The van der Waals surface area contributed by atoms with E-state index in [9.17, 15) is 5.11 Å². The molecule has 1 N–H and O–H groups in total. The molecule has 0 saturated carbocycles. The van der Waals surface area contributed by atoms with Crippen LogP contribution in [0, 0.1) is 0 Å². The van der Waals surface area contributed by atoms with Crippen LogP contribution in [0.15, 0.2) is 36.4 Å². The highest BCUT2D eigenvalue weighted by atomic mass is 16.5. The molecule has 0 atom stereocenters. The van der Waals surface area contributed by atoms with Gasteiger partial charge in [0.25, 0.3) is 0 Å². The number of phenols is 1. The minimum Gasteiger partial charge on any atom is -0.508 e. The highest BCUT2D eigenvalue weighted by molar-refractivity contribution is 5.62. The van der Waals surface area contributed by atoms with Gasteiger partial charge < -0.3 is 9.84 Å². The van der Waals surface area contributed by atoms with Crippen molar-refractivity contribution in [3.05, 3.63) is 42.0 Å². The van der Waals surface area contributed by atoms with Crippen molar-refractivity contribution < 1.29 is 9.84 Å². The van der Waals surface area contributed by atoms with Gasteiger partial charge in [-0.3, -0.25) is 4.90 Å². The minimum atomic E-state index is 0.327. The minimum absolute atomic E-state index is 0.327. The van der Waals surface area contributed by atoms with Crippen molar-refractivity contribution in [1.82, 2.24) is 9.88 Å². The number of methoxy groups -OCH3 is 1. The van der Waals surface area contributed by atoms with E-state index < -0.39 is 0 Å². The van der Waals surface area contributed by atoms with Crippen LogP contribution < -0.4 is 4.74 Å². The molecule has 0 amide bonds. The first kappa shape index (κ1) is 15.3. The Morgan fingerprint density at radius 2 is 1.90 bits per heavy atom.